The van der Waals surface area contributed by atoms with Gasteiger partial charge in [0.1, 0.15) is 0 Å². The van der Waals surface area contributed by atoms with E-state index >= 15 is 0 Å². The first-order valence-electron chi connectivity index (χ1n) is 10.9. The number of imidazole rings is 1. The summed E-state index contributed by atoms with van der Waals surface area (Å²) >= 11 is 0. The van der Waals surface area contributed by atoms with Crippen molar-refractivity contribution in [2.45, 2.75) is 13.3 Å². The zero-order valence-electron chi connectivity index (χ0n) is 18.2. The third kappa shape index (κ3) is 4.17. The number of nitrogens with zero attached hydrogens (tertiary/aromatic N) is 8. The third-order valence-electron chi connectivity index (χ3n) is 5.88. The molecule has 2 aliphatic heterocycles. The summed E-state index contributed by atoms with van der Waals surface area (Å²) in [7, 11) is 0. The molecule has 2 fully saturated rings. The van der Waals surface area contributed by atoms with E-state index in [4.69, 9.17) is 4.74 Å². The predicted molar refractivity (Wildman–Crippen MR) is 117 cm³/mol. The number of carbonyl (C=O) groups is 1. The highest BCUT2D eigenvalue weighted by molar-refractivity contribution is 5.77. The van der Waals surface area contributed by atoms with Crippen LogP contribution in [0.3, 0.4) is 0 Å². The van der Waals surface area contributed by atoms with Crippen molar-refractivity contribution in [2.24, 2.45) is 0 Å². The number of rotatable bonds is 4. The number of aromatic nitrogens is 5. The SMILES string of the molecule is CC(=O)N1CCN(c2nc(N3CCOCC3)nc(-n3c(C(F)F)nc4ccccc43)n2)CC1. The number of piperazine rings is 1. The summed E-state index contributed by atoms with van der Waals surface area (Å²) in [6, 6.07) is 6.92. The van der Waals surface area contributed by atoms with E-state index in [1.54, 1.807) is 36.1 Å². The minimum atomic E-state index is -2.80. The maximum Gasteiger partial charge on any atom is 0.296 e. The van der Waals surface area contributed by atoms with Crippen molar-refractivity contribution < 1.29 is 18.3 Å². The predicted octanol–water partition coefficient (Wildman–Crippen LogP) is 1.65. The Kier molecular flexibility index (Phi) is 5.75. The lowest BCUT2D eigenvalue weighted by atomic mass is 10.3. The second-order valence-corrected chi connectivity index (χ2v) is 7.92. The number of anilines is 2. The van der Waals surface area contributed by atoms with Crippen LogP contribution in [0.1, 0.15) is 19.2 Å². The first-order valence-corrected chi connectivity index (χ1v) is 10.9. The minimum absolute atomic E-state index is 0.0199. The first-order chi connectivity index (χ1) is 16.0. The summed E-state index contributed by atoms with van der Waals surface area (Å²) in [6.07, 6.45) is -2.80. The number of amides is 1. The molecule has 2 saturated heterocycles. The molecule has 2 aromatic heterocycles. The van der Waals surface area contributed by atoms with Gasteiger partial charge in [0.15, 0.2) is 5.82 Å². The van der Waals surface area contributed by atoms with E-state index in [1.165, 1.54) is 4.57 Å². The van der Waals surface area contributed by atoms with Crippen molar-refractivity contribution in [2.75, 3.05) is 62.3 Å². The maximum atomic E-state index is 14.0. The lowest BCUT2D eigenvalue weighted by Gasteiger charge is -2.35. The molecule has 0 atom stereocenters. The molecule has 5 rings (SSSR count). The van der Waals surface area contributed by atoms with Gasteiger partial charge in [-0.2, -0.15) is 15.0 Å². The van der Waals surface area contributed by atoms with Crippen molar-refractivity contribution in [1.82, 2.24) is 29.4 Å². The van der Waals surface area contributed by atoms with Gasteiger partial charge in [-0.25, -0.2) is 13.8 Å². The van der Waals surface area contributed by atoms with E-state index in [2.05, 4.69) is 19.9 Å². The Morgan fingerprint density at radius 2 is 1.48 bits per heavy atom. The summed E-state index contributed by atoms with van der Waals surface area (Å²) < 4.78 is 34.6. The lowest BCUT2D eigenvalue weighted by molar-refractivity contribution is -0.129. The van der Waals surface area contributed by atoms with Crippen molar-refractivity contribution in [3.8, 4) is 5.95 Å². The van der Waals surface area contributed by atoms with Crippen LogP contribution in [-0.4, -0.2) is 87.8 Å². The number of ether oxygens (including phenoxy) is 1. The van der Waals surface area contributed by atoms with E-state index in [9.17, 15) is 13.6 Å². The molecule has 2 aliphatic rings. The van der Waals surface area contributed by atoms with E-state index in [0.29, 0.717) is 75.4 Å². The van der Waals surface area contributed by atoms with Crippen LogP contribution < -0.4 is 9.80 Å². The van der Waals surface area contributed by atoms with Gasteiger partial charge in [-0.3, -0.25) is 9.36 Å². The summed E-state index contributed by atoms with van der Waals surface area (Å²) in [5.41, 5.74) is 0.942. The summed E-state index contributed by atoms with van der Waals surface area (Å²) in [6.45, 7) is 5.95. The van der Waals surface area contributed by atoms with Crippen molar-refractivity contribution in [3.63, 3.8) is 0 Å². The van der Waals surface area contributed by atoms with Gasteiger partial charge < -0.3 is 19.4 Å². The Hall–Kier alpha value is -3.41. The molecule has 1 amide bonds. The number of morpholine rings is 1. The molecule has 0 bridgehead atoms. The highest BCUT2D eigenvalue weighted by Crippen LogP contribution is 2.28. The largest absolute Gasteiger partial charge is 0.378 e. The van der Waals surface area contributed by atoms with E-state index < -0.39 is 12.2 Å². The Bertz CT molecular complexity index is 1160. The summed E-state index contributed by atoms with van der Waals surface area (Å²) in [4.78, 5) is 35.3. The minimum Gasteiger partial charge on any atom is -0.378 e. The van der Waals surface area contributed by atoms with E-state index in [0.717, 1.165) is 0 Å². The van der Waals surface area contributed by atoms with Gasteiger partial charge in [0.2, 0.25) is 23.8 Å². The molecule has 12 heteroatoms. The zero-order valence-corrected chi connectivity index (χ0v) is 18.2. The molecule has 3 aromatic rings. The number of benzene rings is 1. The van der Waals surface area contributed by atoms with Crippen LogP contribution in [0, 0.1) is 0 Å². The molecular weight excluding hydrogens is 434 g/mol. The molecule has 0 N–H and O–H groups in total. The van der Waals surface area contributed by atoms with Gasteiger partial charge in [0.05, 0.1) is 24.2 Å². The van der Waals surface area contributed by atoms with Crippen LogP contribution in [0.25, 0.3) is 17.0 Å². The second kappa shape index (κ2) is 8.85. The van der Waals surface area contributed by atoms with Crippen LogP contribution in [0.15, 0.2) is 24.3 Å². The van der Waals surface area contributed by atoms with Gasteiger partial charge >= 0.3 is 0 Å². The monoisotopic (exact) mass is 458 g/mol. The maximum absolute atomic E-state index is 14.0. The average molecular weight is 458 g/mol. The molecule has 0 spiro atoms. The Morgan fingerprint density at radius 3 is 2.12 bits per heavy atom. The Balaban J connectivity index is 1.60. The van der Waals surface area contributed by atoms with Crippen LogP contribution >= 0.6 is 0 Å². The Morgan fingerprint density at radius 1 is 0.879 bits per heavy atom. The highest BCUT2D eigenvalue weighted by atomic mass is 19.3. The quantitative estimate of drug-likeness (QED) is 0.583. The molecule has 4 heterocycles. The highest BCUT2D eigenvalue weighted by Gasteiger charge is 2.27. The van der Waals surface area contributed by atoms with E-state index in [-0.39, 0.29) is 11.9 Å². The second-order valence-electron chi connectivity index (χ2n) is 7.92. The van der Waals surface area contributed by atoms with Gasteiger partial charge in [-0.1, -0.05) is 12.1 Å². The van der Waals surface area contributed by atoms with E-state index in [1.807, 2.05) is 9.80 Å². The van der Waals surface area contributed by atoms with Crippen LogP contribution in [0.2, 0.25) is 0 Å². The van der Waals surface area contributed by atoms with Crippen LogP contribution in [-0.2, 0) is 9.53 Å². The van der Waals surface area contributed by atoms with Crippen molar-refractivity contribution >= 4 is 28.8 Å². The topological polar surface area (TPSA) is 92.5 Å². The molecule has 0 saturated carbocycles. The molecule has 0 unspecified atom stereocenters. The fraction of sp³-hybridized carbons (Fsp3) is 0.476. The molecule has 0 aliphatic carbocycles. The summed E-state index contributed by atoms with van der Waals surface area (Å²) in [5, 5.41) is 0. The molecule has 10 nitrogen and oxygen atoms in total. The molecule has 33 heavy (non-hydrogen) atoms. The van der Waals surface area contributed by atoms with Gasteiger partial charge in [0.25, 0.3) is 6.43 Å². The van der Waals surface area contributed by atoms with Gasteiger partial charge in [0, 0.05) is 46.2 Å². The van der Waals surface area contributed by atoms with Gasteiger partial charge in [-0.05, 0) is 12.1 Å². The standard InChI is InChI=1S/C21H24F2N8O2/c1-14(32)28-6-8-29(9-7-28)19-25-20(30-10-12-33-13-11-30)27-21(26-19)31-16-5-3-2-4-15(16)24-18(31)17(22)23/h2-5,17H,6-13H2,1H3. The molecule has 0 radical (unpaired) electrons. The summed E-state index contributed by atoms with van der Waals surface area (Å²) in [5.74, 6) is 0.501. The average Bonchev–Trinajstić information content (AvgIpc) is 3.24. The van der Waals surface area contributed by atoms with Crippen molar-refractivity contribution in [3.05, 3.63) is 30.1 Å². The number of hydrogen-bond acceptors (Lipinski definition) is 8. The van der Waals surface area contributed by atoms with Gasteiger partial charge in [-0.15, -0.1) is 0 Å². The molecular formula is C21H24F2N8O2. The number of fused-ring (bicyclic) bond motifs is 1. The number of para-hydroxylation sites is 2. The third-order valence-corrected chi connectivity index (χ3v) is 5.88. The Labute approximate surface area is 188 Å². The fourth-order valence-electron chi connectivity index (χ4n) is 4.11. The zero-order chi connectivity index (χ0) is 22.9. The molecule has 1 aromatic carbocycles. The number of hydrogen-bond donors (Lipinski definition) is 0. The van der Waals surface area contributed by atoms with Crippen molar-refractivity contribution in [1.29, 1.82) is 0 Å². The normalized spacial score (nSPS) is 17.3. The first kappa shape index (κ1) is 21.4. The lowest BCUT2D eigenvalue weighted by Crippen LogP contribution is -2.49. The van der Waals surface area contributed by atoms with Crippen LogP contribution in [0.4, 0.5) is 20.7 Å². The smallest absolute Gasteiger partial charge is 0.296 e. The number of alkyl halides is 2. The number of carbonyl (C=O) groups excluding carboxylic acids is 1. The fourth-order valence-corrected chi connectivity index (χ4v) is 4.11. The van der Waals surface area contributed by atoms with Crippen LogP contribution in [0.5, 0.6) is 0 Å². The number of halogens is 2. The molecule has 174 valence electrons.